The third-order valence-corrected chi connectivity index (χ3v) is 3.93. The van der Waals surface area contributed by atoms with Crippen molar-refractivity contribution in [1.29, 1.82) is 0 Å². The van der Waals surface area contributed by atoms with Gasteiger partial charge in [0.2, 0.25) is 0 Å². The molecule has 2 aromatic carbocycles. The summed E-state index contributed by atoms with van der Waals surface area (Å²) in [5, 5.41) is 3.06. The van der Waals surface area contributed by atoms with Crippen LogP contribution in [-0.4, -0.2) is 38.1 Å². The number of aryl methyl sites for hydroxylation is 2. The smallest absolute Gasteiger partial charge is 0.258 e. The summed E-state index contributed by atoms with van der Waals surface area (Å²) in [6.07, 6.45) is 0. The molecule has 4 nitrogen and oxygen atoms in total. The maximum Gasteiger partial charge on any atom is 0.258 e. The van der Waals surface area contributed by atoms with Gasteiger partial charge in [-0.15, -0.1) is 0 Å². The van der Waals surface area contributed by atoms with Crippen LogP contribution in [0.15, 0.2) is 48.5 Å². The van der Waals surface area contributed by atoms with Crippen LogP contribution in [0.3, 0.4) is 0 Å². The van der Waals surface area contributed by atoms with E-state index in [0.717, 1.165) is 23.4 Å². The molecule has 0 saturated carbocycles. The Morgan fingerprint density at radius 1 is 1.08 bits per heavy atom. The van der Waals surface area contributed by atoms with Crippen LogP contribution in [0.2, 0.25) is 0 Å². The Balaban J connectivity index is 1.96. The van der Waals surface area contributed by atoms with Gasteiger partial charge in [-0.3, -0.25) is 4.79 Å². The van der Waals surface area contributed by atoms with E-state index >= 15 is 0 Å². The molecule has 0 heterocycles. The van der Waals surface area contributed by atoms with Gasteiger partial charge in [-0.1, -0.05) is 36.4 Å². The third kappa shape index (κ3) is 5.39. The summed E-state index contributed by atoms with van der Waals surface area (Å²) in [7, 11) is 3.99. The van der Waals surface area contributed by atoms with Gasteiger partial charge in [-0.25, -0.2) is 0 Å². The second kappa shape index (κ2) is 8.50. The quantitative estimate of drug-likeness (QED) is 0.850. The van der Waals surface area contributed by atoms with E-state index in [4.69, 9.17) is 4.74 Å². The standard InChI is InChI=1S/C20H26N2O2/c1-15-10-11-18(12-16(15)2)24-14-20(23)21-19(13-22(3)4)17-8-6-5-7-9-17/h5-12,19H,13-14H2,1-4H3,(H,21,23)/t19-/m1/s1. The molecule has 2 aromatic rings. The van der Waals surface area contributed by atoms with Crippen molar-refractivity contribution in [2.24, 2.45) is 0 Å². The lowest BCUT2D eigenvalue weighted by molar-refractivity contribution is -0.124. The van der Waals surface area contributed by atoms with Crippen molar-refractivity contribution in [1.82, 2.24) is 10.2 Å². The van der Waals surface area contributed by atoms with Crippen molar-refractivity contribution in [3.63, 3.8) is 0 Å². The number of likely N-dealkylation sites (N-methyl/N-ethyl adjacent to an activating group) is 1. The van der Waals surface area contributed by atoms with Gasteiger partial charge in [0.15, 0.2) is 6.61 Å². The SMILES string of the molecule is Cc1ccc(OCC(=O)N[C@H](CN(C)C)c2ccccc2)cc1C. The lowest BCUT2D eigenvalue weighted by atomic mass is 10.1. The van der Waals surface area contributed by atoms with Crippen molar-refractivity contribution in [3.05, 3.63) is 65.2 Å². The Hall–Kier alpha value is -2.33. The van der Waals surface area contributed by atoms with Crippen molar-refractivity contribution in [3.8, 4) is 5.75 Å². The average Bonchev–Trinajstić information content (AvgIpc) is 2.56. The van der Waals surface area contributed by atoms with Gasteiger partial charge in [0.05, 0.1) is 6.04 Å². The molecule has 0 radical (unpaired) electrons. The maximum atomic E-state index is 12.3. The van der Waals surface area contributed by atoms with E-state index < -0.39 is 0 Å². The molecular formula is C20H26N2O2. The minimum Gasteiger partial charge on any atom is -0.484 e. The van der Waals surface area contributed by atoms with Crippen molar-refractivity contribution < 1.29 is 9.53 Å². The van der Waals surface area contributed by atoms with Crippen LogP contribution in [-0.2, 0) is 4.79 Å². The summed E-state index contributed by atoms with van der Waals surface area (Å²) in [5.74, 6) is 0.598. The van der Waals surface area contributed by atoms with E-state index in [9.17, 15) is 4.79 Å². The second-order valence-electron chi connectivity index (χ2n) is 6.33. The van der Waals surface area contributed by atoms with Crippen LogP contribution in [0.25, 0.3) is 0 Å². The molecule has 128 valence electrons. The van der Waals surface area contributed by atoms with Gasteiger partial charge in [-0.2, -0.15) is 0 Å². The zero-order chi connectivity index (χ0) is 17.5. The van der Waals surface area contributed by atoms with Gasteiger partial charge in [0.25, 0.3) is 5.91 Å². The molecule has 1 atom stereocenters. The van der Waals surface area contributed by atoms with Crippen LogP contribution in [0.1, 0.15) is 22.7 Å². The highest BCUT2D eigenvalue weighted by molar-refractivity contribution is 5.78. The summed E-state index contributed by atoms with van der Waals surface area (Å²) in [6.45, 7) is 4.83. The topological polar surface area (TPSA) is 41.6 Å². The zero-order valence-corrected chi connectivity index (χ0v) is 14.9. The fourth-order valence-corrected chi connectivity index (χ4v) is 2.47. The Morgan fingerprint density at radius 3 is 2.42 bits per heavy atom. The van der Waals surface area contributed by atoms with Crippen molar-refractivity contribution in [2.75, 3.05) is 27.2 Å². The first-order valence-electron chi connectivity index (χ1n) is 8.15. The van der Waals surface area contributed by atoms with Crippen LogP contribution >= 0.6 is 0 Å². The molecular weight excluding hydrogens is 300 g/mol. The molecule has 0 aliphatic rings. The highest BCUT2D eigenvalue weighted by Crippen LogP contribution is 2.17. The molecule has 0 bridgehead atoms. The number of amides is 1. The minimum atomic E-state index is -0.121. The number of ether oxygens (including phenoxy) is 1. The van der Waals surface area contributed by atoms with Crippen LogP contribution in [0.4, 0.5) is 0 Å². The number of benzene rings is 2. The monoisotopic (exact) mass is 326 g/mol. The van der Waals surface area contributed by atoms with Gasteiger partial charge in [0, 0.05) is 6.54 Å². The normalized spacial score (nSPS) is 12.0. The molecule has 0 aromatic heterocycles. The molecule has 2 rings (SSSR count). The number of nitrogens with zero attached hydrogens (tertiary/aromatic N) is 1. The van der Waals surface area contributed by atoms with Gasteiger partial charge in [-0.05, 0) is 56.8 Å². The molecule has 1 N–H and O–H groups in total. The zero-order valence-electron chi connectivity index (χ0n) is 14.9. The van der Waals surface area contributed by atoms with Gasteiger partial charge < -0.3 is 15.0 Å². The number of carbonyl (C=O) groups excluding carboxylic acids is 1. The number of carbonyl (C=O) groups is 1. The summed E-state index contributed by atoms with van der Waals surface area (Å²) in [4.78, 5) is 14.3. The number of hydrogen-bond acceptors (Lipinski definition) is 3. The van der Waals surface area contributed by atoms with E-state index in [-0.39, 0.29) is 18.6 Å². The van der Waals surface area contributed by atoms with E-state index in [2.05, 4.69) is 17.1 Å². The molecule has 0 aliphatic carbocycles. The van der Waals surface area contributed by atoms with E-state index in [1.165, 1.54) is 5.56 Å². The van der Waals surface area contributed by atoms with Gasteiger partial charge >= 0.3 is 0 Å². The van der Waals surface area contributed by atoms with E-state index in [0.29, 0.717) is 0 Å². The summed E-state index contributed by atoms with van der Waals surface area (Å²) < 4.78 is 5.62. The molecule has 4 heteroatoms. The Labute approximate surface area is 144 Å². The Bertz CT molecular complexity index is 669. The largest absolute Gasteiger partial charge is 0.484 e. The number of nitrogens with one attached hydrogen (secondary N) is 1. The van der Waals surface area contributed by atoms with E-state index in [1.54, 1.807) is 0 Å². The Morgan fingerprint density at radius 2 is 1.79 bits per heavy atom. The molecule has 1 amide bonds. The number of hydrogen-bond donors (Lipinski definition) is 1. The highest BCUT2D eigenvalue weighted by atomic mass is 16.5. The first kappa shape index (κ1) is 18.0. The molecule has 0 saturated heterocycles. The molecule has 0 spiro atoms. The third-order valence-electron chi connectivity index (χ3n) is 3.93. The lowest BCUT2D eigenvalue weighted by Crippen LogP contribution is -2.37. The Kier molecular flexibility index (Phi) is 6.38. The predicted octanol–water partition coefficient (Wildman–Crippen LogP) is 3.10. The molecule has 0 fully saturated rings. The summed E-state index contributed by atoms with van der Waals surface area (Å²) in [5.41, 5.74) is 3.45. The van der Waals surface area contributed by atoms with E-state index in [1.807, 2.05) is 69.6 Å². The average molecular weight is 326 g/mol. The van der Waals surface area contributed by atoms with Crippen LogP contribution < -0.4 is 10.1 Å². The number of rotatable bonds is 7. The fraction of sp³-hybridized carbons (Fsp3) is 0.350. The second-order valence-corrected chi connectivity index (χ2v) is 6.33. The maximum absolute atomic E-state index is 12.3. The minimum absolute atomic E-state index is 0.0132. The molecule has 0 unspecified atom stereocenters. The first-order chi connectivity index (χ1) is 11.5. The molecule has 24 heavy (non-hydrogen) atoms. The van der Waals surface area contributed by atoms with Crippen molar-refractivity contribution in [2.45, 2.75) is 19.9 Å². The molecule has 0 aliphatic heterocycles. The fourth-order valence-electron chi connectivity index (χ4n) is 2.47. The summed E-state index contributed by atoms with van der Waals surface area (Å²) in [6, 6.07) is 15.8. The van der Waals surface area contributed by atoms with Crippen LogP contribution in [0.5, 0.6) is 5.75 Å². The van der Waals surface area contributed by atoms with Gasteiger partial charge in [0.1, 0.15) is 5.75 Å². The first-order valence-corrected chi connectivity index (χ1v) is 8.15. The summed E-state index contributed by atoms with van der Waals surface area (Å²) >= 11 is 0. The van der Waals surface area contributed by atoms with Crippen molar-refractivity contribution >= 4 is 5.91 Å². The lowest BCUT2D eigenvalue weighted by Gasteiger charge is -2.23. The highest BCUT2D eigenvalue weighted by Gasteiger charge is 2.15. The van der Waals surface area contributed by atoms with Crippen LogP contribution in [0, 0.1) is 13.8 Å². The predicted molar refractivity (Wildman–Crippen MR) is 97.3 cm³/mol.